The highest BCUT2D eigenvalue weighted by atomic mass is 15.5. The molecule has 2 aromatic rings. The molecule has 1 aromatic carbocycles. The first-order valence-electron chi connectivity index (χ1n) is 6.20. The van der Waals surface area contributed by atoms with E-state index in [2.05, 4.69) is 59.0 Å². The summed E-state index contributed by atoms with van der Waals surface area (Å²) in [5, 5.41) is 15.1. The zero-order valence-corrected chi connectivity index (χ0v) is 11.0. The highest BCUT2D eigenvalue weighted by Crippen LogP contribution is 2.18. The molecule has 0 aliphatic heterocycles. The number of nitrogens with one attached hydrogen (secondary N) is 1. The number of aromatic nitrogens is 4. The van der Waals surface area contributed by atoms with E-state index in [1.165, 1.54) is 5.56 Å². The fourth-order valence-electron chi connectivity index (χ4n) is 1.93. The van der Waals surface area contributed by atoms with Crippen LogP contribution in [0.3, 0.4) is 0 Å². The van der Waals surface area contributed by atoms with Crippen LogP contribution in [-0.2, 0) is 6.54 Å². The summed E-state index contributed by atoms with van der Waals surface area (Å²) in [4.78, 5) is 0. The van der Waals surface area contributed by atoms with Crippen molar-refractivity contribution in [3.8, 4) is 0 Å². The van der Waals surface area contributed by atoms with Gasteiger partial charge < -0.3 is 5.32 Å². The molecule has 1 N–H and O–H groups in total. The molecular formula is C13H19N5. The molecule has 5 nitrogen and oxygen atoms in total. The van der Waals surface area contributed by atoms with E-state index < -0.39 is 0 Å². The van der Waals surface area contributed by atoms with E-state index >= 15 is 0 Å². The number of nitrogens with zero attached hydrogens (tertiary/aromatic N) is 4. The Balaban J connectivity index is 2.12. The van der Waals surface area contributed by atoms with E-state index in [0.717, 1.165) is 12.4 Å². The molecule has 0 spiro atoms. The molecular weight excluding hydrogens is 226 g/mol. The molecule has 5 heteroatoms. The van der Waals surface area contributed by atoms with Gasteiger partial charge in [-0.05, 0) is 30.0 Å². The maximum Gasteiger partial charge on any atom is 0.167 e. The first-order chi connectivity index (χ1) is 8.72. The van der Waals surface area contributed by atoms with Crippen LogP contribution < -0.4 is 5.32 Å². The van der Waals surface area contributed by atoms with Crippen LogP contribution in [0, 0.1) is 0 Å². The van der Waals surface area contributed by atoms with Crippen molar-refractivity contribution < 1.29 is 0 Å². The van der Waals surface area contributed by atoms with Gasteiger partial charge >= 0.3 is 0 Å². The van der Waals surface area contributed by atoms with Gasteiger partial charge in [-0.15, -0.1) is 5.10 Å². The van der Waals surface area contributed by atoms with Crippen molar-refractivity contribution in [3.63, 3.8) is 0 Å². The van der Waals surface area contributed by atoms with Crippen molar-refractivity contribution in [1.29, 1.82) is 0 Å². The second kappa shape index (κ2) is 5.73. The lowest BCUT2D eigenvalue weighted by Crippen LogP contribution is -2.20. The minimum Gasteiger partial charge on any atom is -0.311 e. The van der Waals surface area contributed by atoms with Crippen LogP contribution in [0.2, 0.25) is 0 Å². The number of hydrogen-bond acceptors (Lipinski definition) is 4. The van der Waals surface area contributed by atoms with Crippen molar-refractivity contribution in [3.05, 3.63) is 41.7 Å². The molecule has 0 saturated carbocycles. The molecule has 0 amide bonds. The highest BCUT2D eigenvalue weighted by molar-refractivity contribution is 5.18. The summed E-state index contributed by atoms with van der Waals surface area (Å²) in [6, 6.07) is 10.6. The van der Waals surface area contributed by atoms with Gasteiger partial charge in [0.2, 0.25) is 0 Å². The predicted octanol–water partition coefficient (Wildman–Crippen LogP) is 1.76. The van der Waals surface area contributed by atoms with Gasteiger partial charge in [0.05, 0.1) is 12.6 Å². The predicted molar refractivity (Wildman–Crippen MR) is 70.1 cm³/mol. The van der Waals surface area contributed by atoms with Gasteiger partial charge in [-0.25, -0.2) is 4.68 Å². The third-order valence-electron chi connectivity index (χ3n) is 3.20. The largest absolute Gasteiger partial charge is 0.311 e. The maximum absolute atomic E-state index is 4.07. The van der Waals surface area contributed by atoms with Crippen molar-refractivity contribution in [1.82, 2.24) is 25.5 Å². The Morgan fingerprint density at radius 1 is 1.22 bits per heavy atom. The first-order valence-corrected chi connectivity index (χ1v) is 6.20. The fourth-order valence-corrected chi connectivity index (χ4v) is 1.93. The van der Waals surface area contributed by atoms with Crippen LogP contribution in [0.15, 0.2) is 30.3 Å². The Kier molecular flexibility index (Phi) is 4.04. The van der Waals surface area contributed by atoms with Crippen LogP contribution in [0.5, 0.6) is 0 Å². The Bertz CT molecular complexity index is 479. The Morgan fingerprint density at radius 3 is 2.61 bits per heavy atom. The topological polar surface area (TPSA) is 55.6 Å². The average Bonchev–Trinajstić information content (AvgIpc) is 2.87. The Morgan fingerprint density at radius 2 is 1.94 bits per heavy atom. The van der Waals surface area contributed by atoms with Crippen molar-refractivity contribution >= 4 is 0 Å². The van der Waals surface area contributed by atoms with Gasteiger partial charge in [0.1, 0.15) is 0 Å². The summed E-state index contributed by atoms with van der Waals surface area (Å²) in [7, 11) is 1.91. The van der Waals surface area contributed by atoms with Crippen LogP contribution in [-0.4, -0.2) is 27.3 Å². The molecule has 1 heterocycles. The van der Waals surface area contributed by atoms with Crippen LogP contribution in [0.4, 0.5) is 0 Å². The van der Waals surface area contributed by atoms with E-state index in [0.29, 0.717) is 5.92 Å². The lowest BCUT2D eigenvalue weighted by Gasteiger charge is -2.15. The molecule has 0 aliphatic carbocycles. The SMILES string of the molecule is CNC(C)c1nnnn1CC(C)c1ccccc1. The molecule has 2 unspecified atom stereocenters. The summed E-state index contributed by atoms with van der Waals surface area (Å²) in [6.07, 6.45) is 0. The number of rotatable bonds is 5. The zero-order chi connectivity index (χ0) is 13.0. The van der Waals surface area contributed by atoms with Crippen LogP contribution in [0.25, 0.3) is 0 Å². The number of benzene rings is 1. The standard InChI is InChI=1S/C13H19N5/c1-10(12-7-5-4-6-8-12)9-18-13(11(2)14-3)15-16-17-18/h4-8,10-11,14H,9H2,1-3H3. The summed E-state index contributed by atoms with van der Waals surface area (Å²) >= 11 is 0. The van der Waals surface area contributed by atoms with E-state index in [9.17, 15) is 0 Å². The molecule has 96 valence electrons. The van der Waals surface area contributed by atoms with E-state index in [1.807, 2.05) is 17.8 Å². The van der Waals surface area contributed by atoms with Crippen molar-refractivity contribution in [2.24, 2.45) is 0 Å². The average molecular weight is 245 g/mol. The van der Waals surface area contributed by atoms with E-state index in [4.69, 9.17) is 0 Å². The second-order valence-electron chi connectivity index (χ2n) is 4.54. The summed E-state index contributed by atoms with van der Waals surface area (Å²) in [6.45, 7) is 5.03. The van der Waals surface area contributed by atoms with Crippen molar-refractivity contribution in [2.75, 3.05) is 7.05 Å². The molecule has 2 rings (SSSR count). The van der Waals surface area contributed by atoms with Gasteiger partial charge in [-0.3, -0.25) is 0 Å². The van der Waals surface area contributed by atoms with Crippen molar-refractivity contribution in [2.45, 2.75) is 32.4 Å². The number of tetrazole rings is 1. The Hall–Kier alpha value is -1.75. The lowest BCUT2D eigenvalue weighted by molar-refractivity contribution is 0.477. The molecule has 0 radical (unpaired) electrons. The quantitative estimate of drug-likeness (QED) is 0.872. The Labute approximate surface area is 107 Å². The molecule has 0 bridgehead atoms. The summed E-state index contributed by atoms with van der Waals surface area (Å²) in [5.41, 5.74) is 1.30. The summed E-state index contributed by atoms with van der Waals surface area (Å²) < 4.78 is 1.87. The highest BCUT2D eigenvalue weighted by Gasteiger charge is 2.15. The third kappa shape index (κ3) is 2.73. The summed E-state index contributed by atoms with van der Waals surface area (Å²) in [5.74, 6) is 1.26. The molecule has 0 fully saturated rings. The molecule has 0 saturated heterocycles. The van der Waals surface area contributed by atoms with Gasteiger partial charge in [0.25, 0.3) is 0 Å². The third-order valence-corrected chi connectivity index (χ3v) is 3.20. The van der Waals surface area contributed by atoms with Gasteiger partial charge in [-0.1, -0.05) is 37.3 Å². The first kappa shape index (κ1) is 12.7. The minimum absolute atomic E-state index is 0.156. The van der Waals surface area contributed by atoms with Crippen LogP contribution in [0.1, 0.15) is 37.2 Å². The maximum atomic E-state index is 4.07. The molecule has 1 aromatic heterocycles. The van der Waals surface area contributed by atoms with E-state index in [-0.39, 0.29) is 6.04 Å². The van der Waals surface area contributed by atoms with E-state index in [1.54, 1.807) is 0 Å². The normalized spacial score (nSPS) is 14.4. The monoisotopic (exact) mass is 245 g/mol. The lowest BCUT2D eigenvalue weighted by atomic mass is 10.0. The minimum atomic E-state index is 0.156. The van der Waals surface area contributed by atoms with Gasteiger partial charge in [0, 0.05) is 5.92 Å². The smallest absolute Gasteiger partial charge is 0.167 e. The van der Waals surface area contributed by atoms with Crippen LogP contribution >= 0.6 is 0 Å². The van der Waals surface area contributed by atoms with Gasteiger partial charge in [-0.2, -0.15) is 0 Å². The molecule has 18 heavy (non-hydrogen) atoms. The van der Waals surface area contributed by atoms with Gasteiger partial charge in [0.15, 0.2) is 5.82 Å². The fraction of sp³-hybridized carbons (Fsp3) is 0.462. The zero-order valence-electron chi connectivity index (χ0n) is 11.0. The molecule has 2 atom stereocenters. The second-order valence-corrected chi connectivity index (χ2v) is 4.54. The number of hydrogen-bond donors (Lipinski definition) is 1. The molecule has 0 aliphatic rings.